The number of fused-ring (bicyclic) bond motifs is 4. The maximum atomic E-state index is 5.21. The quantitative estimate of drug-likeness (QED) is 0.0867. The first-order valence-electron chi connectivity index (χ1n) is 41.7. The summed E-state index contributed by atoms with van der Waals surface area (Å²) in [5, 5.41) is 4.66. The lowest BCUT2D eigenvalue weighted by molar-refractivity contribution is 1.15. The van der Waals surface area contributed by atoms with Crippen LogP contribution in [0, 0.1) is 0 Å². The van der Waals surface area contributed by atoms with Gasteiger partial charge in [-0.1, -0.05) is 352 Å². The van der Waals surface area contributed by atoms with E-state index >= 15 is 0 Å². The summed E-state index contributed by atoms with van der Waals surface area (Å²) in [7, 11) is 0. The molecule has 22 rings (SSSR count). The van der Waals surface area contributed by atoms with Crippen LogP contribution in [0.15, 0.2) is 455 Å². The fourth-order valence-electron chi connectivity index (χ4n) is 16.2. The first kappa shape index (κ1) is 75.5. The Morgan fingerprint density at radius 1 is 0.152 bits per heavy atom. The van der Waals surface area contributed by atoms with Crippen LogP contribution in [0.25, 0.3) is 218 Å². The molecule has 0 amide bonds. The zero-order chi connectivity index (χ0) is 83.2. The van der Waals surface area contributed by atoms with Gasteiger partial charge in [0.05, 0.1) is 79.4 Å². The Labute approximate surface area is 723 Å². The van der Waals surface area contributed by atoms with Crippen LogP contribution in [0.2, 0.25) is 0 Å². The van der Waals surface area contributed by atoms with Crippen LogP contribution in [-0.4, -0.2) is 54.4 Å². The summed E-state index contributed by atoms with van der Waals surface area (Å²) >= 11 is 0. The second-order valence-electron chi connectivity index (χ2n) is 30.7. The van der Waals surface area contributed by atoms with Gasteiger partial charge in [0, 0.05) is 91.1 Å². The Balaban J connectivity index is 0.000000155. The fourth-order valence-corrected chi connectivity index (χ4v) is 16.2. The third-order valence-electron chi connectivity index (χ3n) is 22.8. The smallest absolute Gasteiger partial charge is 0.160 e. The number of pyridine rings is 6. The highest BCUT2D eigenvalue weighted by molar-refractivity contribution is 6.09. The van der Waals surface area contributed by atoms with Crippen molar-refractivity contribution in [3.63, 3.8) is 0 Å². The maximum absolute atomic E-state index is 5.21. The van der Waals surface area contributed by atoms with Crippen molar-refractivity contribution in [3.8, 4) is 186 Å². The lowest BCUT2D eigenvalue weighted by Gasteiger charge is -2.12. The average molecular weight is 1600 g/mol. The van der Waals surface area contributed by atoms with Crippen molar-refractivity contribution < 1.29 is 0 Å². The molecule has 9 heterocycles. The van der Waals surface area contributed by atoms with Gasteiger partial charge in [-0.05, 0) is 140 Å². The van der Waals surface area contributed by atoms with Crippen LogP contribution >= 0.6 is 0 Å². The lowest BCUT2D eigenvalue weighted by Crippen LogP contribution is -1.98. The molecule has 586 valence electrons. The molecule has 0 aliphatic carbocycles. The number of benzene rings is 13. The van der Waals surface area contributed by atoms with Crippen LogP contribution in [0.3, 0.4) is 0 Å². The molecular weight excluding hydrogens is 1520 g/mol. The molecule has 0 N–H and O–H groups in total. The summed E-state index contributed by atoms with van der Waals surface area (Å²) in [5.74, 6) is 1.39. The average Bonchev–Trinajstić information content (AvgIpc) is 1.60. The molecular formula is C114H75N11. The molecule has 22 aromatic rings. The van der Waals surface area contributed by atoms with Crippen LogP contribution in [0.4, 0.5) is 0 Å². The number of hydrogen-bond acceptors (Lipinski definition) is 10. The second kappa shape index (κ2) is 34.0. The zero-order valence-corrected chi connectivity index (χ0v) is 67.7. The molecule has 11 nitrogen and oxygen atoms in total. The highest BCUT2D eigenvalue weighted by Crippen LogP contribution is 2.39. The van der Waals surface area contributed by atoms with Crippen molar-refractivity contribution in [2.75, 3.05) is 0 Å². The van der Waals surface area contributed by atoms with E-state index < -0.39 is 0 Å². The third-order valence-corrected chi connectivity index (χ3v) is 22.8. The zero-order valence-electron chi connectivity index (χ0n) is 67.7. The Morgan fingerprint density at radius 3 is 0.808 bits per heavy atom. The molecule has 0 spiro atoms. The van der Waals surface area contributed by atoms with E-state index in [4.69, 9.17) is 49.8 Å². The summed E-state index contributed by atoms with van der Waals surface area (Å²) in [5.41, 5.74) is 32.4. The molecule has 0 aliphatic rings. The number of hydrogen-bond donors (Lipinski definition) is 0. The van der Waals surface area contributed by atoms with E-state index in [2.05, 4.69) is 338 Å². The van der Waals surface area contributed by atoms with Gasteiger partial charge >= 0.3 is 0 Å². The number of para-hydroxylation sites is 2. The molecule has 11 heteroatoms. The van der Waals surface area contributed by atoms with Gasteiger partial charge in [0.15, 0.2) is 11.6 Å². The van der Waals surface area contributed by atoms with Crippen LogP contribution < -0.4 is 0 Å². The molecule has 125 heavy (non-hydrogen) atoms. The van der Waals surface area contributed by atoms with E-state index in [1.165, 1.54) is 10.8 Å². The summed E-state index contributed by atoms with van der Waals surface area (Å²) in [4.78, 5) is 49.9. The molecule has 0 bridgehead atoms. The largest absolute Gasteiger partial charge is 0.309 e. The van der Waals surface area contributed by atoms with E-state index in [9.17, 15) is 0 Å². The van der Waals surface area contributed by atoms with Gasteiger partial charge in [-0.25, -0.2) is 29.9 Å². The fraction of sp³-hybridized carbons (Fsp3) is 0. The summed E-state index contributed by atoms with van der Waals surface area (Å²) in [6.07, 6.45) is 7.65. The molecule has 9 aromatic heterocycles. The molecule has 13 aromatic carbocycles. The Hall–Kier alpha value is -17.0. The van der Waals surface area contributed by atoms with E-state index in [0.717, 1.165) is 196 Å². The number of aromatic nitrogens is 11. The van der Waals surface area contributed by atoms with E-state index in [1.54, 1.807) is 0 Å². The van der Waals surface area contributed by atoms with Gasteiger partial charge < -0.3 is 4.57 Å². The van der Waals surface area contributed by atoms with Crippen molar-refractivity contribution in [2.45, 2.75) is 0 Å². The minimum Gasteiger partial charge on any atom is -0.309 e. The highest BCUT2D eigenvalue weighted by Gasteiger charge is 2.20. The molecule has 0 unspecified atom stereocenters. The van der Waals surface area contributed by atoms with Gasteiger partial charge in [-0.3, -0.25) is 19.9 Å². The Bertz CT molecular complexity index is 7450. The minimum absolute atomic E-state index is 0.692. The van der Waals surface area contributed by atoms with Gasteiger partial charge in [-0.2, -0.15) is 0 Å². The minimum atomic E-state index is 0.692. The van der Waals surface area contributed by atoms with E-state index in [-0.39, 0.29) is 0 Å². The summed E-state index contributed by atoms with van der Waals surface area (Å²) in [6.45, 7) is 0. The third kappa shape index (κ3) is 16.1. The van der Waals surface area contributed by atoms with Gasteiger partial charge in [0.25, 0.3) is 0 Å². The summed E-state index contributed by atoms with van der Waals surface area (Å²) in [6, 6.07) is 149. The van der Waals surface area contributed by atoms with Crippen molar-refractivity contribution in [3.05, 3.63) is 455 Å². The molecule has 0 aliphatic heterocycles. The van der Waals surface area contributed by atoms with Gasteiger partial charge in [0.1, 0.15) is 0 Å². The number of rotatable bonds is 17. The van der Waals surface area contributed by atoms with Crippen molar-refractivity contribution in [1.29, 1.82) is 0 Å². The predicted molar refractivity (Wildman–Crippen MR) is 510 cm³/mol. The number of nitrogens with zero attached hydrogens (tertiary/aromatic N) is 11. The van der Waals surface area contributed by atoms with Crippen LogP contribution in [0.5, 0.6) is 0 Å². The van der Waals surface area contributed by atoms with Gasteiger partial charge in [-0.15, -0.1) is 0 Å². The lowest BCUT2D eigenvalue weighted by atomic mass is 9.99. The Kier molecular flexibility index (Phi) is 20.5. The first-order valence-corrected chi connectivity index (χ1v) is 41.7. The van der Waals surface area contributed by atoms with E-state index in [1.807, 2.05) is 122 Å². The SMILES string of the molecule is c1ccc(-c2cc(-c3ccc(-c4ccc(-c5ccc(-c6nc(-c7ccccc7)cc(-c7ccccc7)n6)cc5)cc4)cn3)nc(-c3cc(-n4c5ccccc5c5ccccc54)ccn3)c2)cc1.c1ccc(-c2cc(-c3ccc(-c4ccc(-c5ccc(-c6nc(-c7ccccc7)cc(-c7ccccc7)n6)cc5)cc4)cn3)nc(-c3cc4ccccc4cn3)c2)cc1. The van der Waals surface area contributed by atoms with Crippen LogP contribution in [-0.2, 0) is 0 Å². The van der Waals surface area contributed by atoms with Gasteiger partial charge in [0.2, 0.25) is 0 Å². The van der Waals surface area contributed by atoms with Crippen LogP contribution in [0.1, 0.15) is 0 Å². The monoisotopic (exact) mass is 1600 g/mol. The molecule has 0 fully saturated rings. The topological polar surface area (TPSA) is 134 Å². The Morgan fingerprint density at radius 2 is 0.440 bits per heavy atom. The molecule has 0 saturated carbocycles. The normalized spacial score (nSPS) is 11.2. The molecule has 0 radical (unpaired) electrons. The van der Waals surface area contributed by atoms with E-state index in [0.29, 0.717) is 11.6 Å². The highest BCUT2D eigenvalue weighted by atomic mass is 15.0. The summed E-state index contributed by atoms with van der Waals surface area (Å²) < 4.78 is 2.31. The van der Waals surface area contributed by atoms with Crippen molar-refractivity contribution >= 4 is 32.6 Å². The molecule has 0 atom stereocenters. The molecule has 0 saturated heterocycles. The van der Waals surface area contributed by atoms with Crippen molar-refractivity contribution in [1.82, 2.24) is 54.4 Å². The second-order valence-corrected chi connectivity index (χ2v) is 30.7. The predicted octanol–water partition coefficient (Wildman–Crippen LogP) is 28.2. The van der Waals surface area contributed by atoms with Crippen molar-refractivity contribution in [2.24, 2.45) is 0 Å². The maximum Gasteiger partial charge on any atom is 0.160 e. The first-order chi connectivity index (χ1) is 61.9. The standard InChI is InChI=1S/C61H40N6.C53H35N5/c1-4-14-41(15-5-1)49-36-57(64-58(37-49)56-38-50(34-35-62-56)67-59-22-12-10-20-51(59)52-21-11-13-23-60(52)67)53-33-32-48(40-63-53)44-26-24-42(25-27-44)43-28-30-47(31-29-43)61-65-54(45-16-6-2-7-17-45)39-55(66-61)46-18-8-3-9-19-46;1-4-12-36(13-5-1)46-31-51(56-52(32-46)50-30-43-18-10-11-19-44(43)34-55-50)47-29-28-45(35-54-47)39-22-20-37(21-23-39)38-24-26-42(27-25-38)53-57-48(40-14-6-2-7-15-40)33-49(58-53)41-16-8-3-9-17-41/h1-40H;1-35H.